The Bertz CT molecular complexity index is 952. The van der Waals surface area contributed by atoms with Crippen LogP contribution in [0.2, 0.25) is 0 Å². The Hall–Kier alpha value is -2.87. The van der Waals surface area contributed by atoms with E-state index in [4.69, 9.17) is 4.74 Å². The highest BCUT2D eigenvalue weighted by molar-refractivity contribution is 9.10. The number of nitrogens with zero attached hydrogens (tertiary/aromatic N) is 1. The second-order valence-electron chi connectivity index (χ2n) is 7.26. The van der Waals surface area contributed by atoms with E-state index in [1.165, 1.54) is 0 Å². The van der Waals surface area contributed by atoms with Gasteiger partial charge in [-0.3, -0.25) is 14.4 Å². The minimum Gasteiger partial charge on any atom is -0.484 e. The summed E-state index contributed by atoms with van der Waals surface area (Å²) in [5.41, 5.74) is 3.40. The van der Waals surface area contributed by atoms with Crippen LogP contribution in [0.1, 0.15) is 17.5 Å². The number of carbonyl (C=O) groups excluding carboxylic acids is 3. The van der Waals surface area contributed by atoms with Crippen LogP contribution in [-0.2, 0) is 14.4 Å². The molecule has 2 aromatic carbocycles. The second-order valence-corrected chi connectivity index (χ2v) is 8.18. The maximum Gasteiger partial charge on any atom is 0.262 e. The zero-order valence-corrected chi connectivity index (χ0v) is 18.7. The van der Waals surface area contributed by atoms with Crippen molar-refractivity contribution in [2.24, 2.45) is 5.92 Å². The third-order valence-electron chi connectivity index (χ3n) is 5.02. The fourth-order valence-electron chi connectivity index (χ4n) is 3.49. The monoisotopic (exact) mass is 473 g/mol. The number of hydrogen-bond acceptors (Lipinski definition) is 4. The summed E-state index contributed by atoms with van der Waals surface area (Å²) in [6.45, 7) is 4.09. The van der Waals surface area contributed by atoms with Gasteiger partial charge >= 0.3 is 0 Å². The summed E-state index contributed by atoms with van der Waals surface area (Å²) >= 11 is 3.44. The van der Waals surface area contributed by atoms with E-state index >= 15 is 0 Å². The van der Waals surface area contributed by atoms with Crippen LogP contribution >= 0.6 is 15.9 Å². The number of aryl methyl sites for hydroxylation is 2. The van der Waals surface area contributed by atoms with Gasteiger partial charge < -0.3 is 20.3 Å². The number of rotatable bonds is 6. The van der Waals surface area contributed by atoms with Crippen molar-refractivity contribution in [2.45, 2.75) is 20.3 Å². The predicted molar refractivity (Wildman–Crippen MR) is 119 cm³/mol. The topological polar surface area (TPSA) is 87.7 Å². The van der Waals surface area contributed by atoms with E-state index in [9.17, 15) is 14.4 Å². The smallest absolute Gasteiger partial charge is 0.262 e. The lowest BCUT2D eigenvalue weighted by Crippen LogP contribution is -2.30. The van der Waals surface area contributed by atoms with Gasteiger partial charge in [-0.25, -0.2) is 0 Å². The molecule has 30 heavy (non-hydrogen) atoms. The zero-order chi connectivity index (χ0) is 21.8. The van der Waals surface area contributed by atoms with Crippen molar-refractivity contribution in [3.63, 3.8) is 0 Å². The van der Waals surface area contributed by atoms with Crippen molar-refractivity contribution >= 4 is 45.0 Å². The number of benzene rings is 2. The summed E-state index contributed by atoms with van der Waals surface area (Å²) in [7, 11) is 1.57. The maximum atomic E-state index is 12.3. The van der Waals surface area contributed by atoms with Crippen molar-refractivity contribution < 1.29 is 19.1 Å². The predicted octanol–water partition coefficient (Wildman–Crippen LogP) is 3.18. The minimum atomic E-state index is -0.340. The Morgan fingerprint density at radius 2 is 1.80 bits per heavy atom. The van der Waals surface area contributed by atoms with Gasteiger partial charge in [0.15, 0.2) is 6.61 Å². The van der Waals surface area contributed by atoms with Crippen molar-refractivity contribution in [3.8, 4) is 5.75 Å². The molecule has 0 unspecified atom stereocenters. The van der Waals surface area contributed by atoms with Crippen LogP contribution in [0.4, 0.5) is 11.4 Å². The molecule has 0 bridgehead atoms. The number of nitrogens with one attached hydrogen (secondary N) is 2. The van der Waals surface area contributed by atoms with Gasteiger partial charge in [0.1, 0.15) is 5.75 Å². The molecule has 1 atom stereocenters. The van der Waals surface area contributed by atoms with E-state index in [0.717, 1.165) is 21.3 Å². The molecule has 0 aliphatic carbocycles. The first-order valence-corrected chi connectivity index (χ1v) is 10.4. The van der Waals surface area contributed by atoms with Crippen molar-refractivity contribution in [2.75, 3.05) is 30.4 Å². The highest BCUT2D eigenvalue weighted by Gasteiger charge is 2.34. The molecule has 8 heteroatoms. The largest absolute Gasteiger partial charge is 0.484 e. The fraction of sp³-hybridized carbons (Fsp3) is 0.318. The molecule has 7 nitrogen and oxygen atoms in total. The molecule has 3 rings (SSSR count). The van der Waals surface area contributed by atoms with Gasteiger partial charge in [-0.15, -0.1) is 0 Å². The molecule has 1 saturated heterocycles. The lowest BCUT2D eigenvalue weighted by molar-refractivity contribution is -0.125. The molecule has 3 amide bonds. The number of ether oxygens (including phenoxy) is 1. The lowest BCUT2D eigenvalue weighted by atomic mass is 10.1. The van der Waals surface area contributed by atoms with Crippen molar-refractivity contribution in [1.29, 1.82) is 0 Å². The first-order chi connectivity index (χ1) is 14.3. The molecule has 1 fully saturated rings. The highest BCUT2D eigenvalue weighted by Crippen LogP contribution is 2.27. The molecule has 1 aliphatic rings. The maximum absolute atomic E-state index is 12.3. The molecule has 2 aromatic rings. The van der Waals surface area contributed by atoms with Crippen LogP contribution in [-0.4, -0.2) is 37.9 Å². The molecule has 0 saturated carbocycles. The summed E-state index contributed by atoms with van der Waals surface area (Å²) in [5.74, 6) is -0.291. The van der Waals surface area contributed by atoms with Crippen LogP contribution < -0.4 is 20.3 Å². The van der Waals surface area contributed by atoms with Crippen molar-refractivity contribution in [3.05, 3.63) is 52.0 Å². The zero-order valence-electron chi connectivity index (χ0n) is 17.1. The first kappa shape index (κ1) is 21.8. The Labute approximate surface area is 183 Å². The number of hydrogen-bond donors (Lipinski definition) is 2. The Morgan fingerprint density at radius 1 is 1.17 bits per heavy atom. The third-order valence-corrected chi connectivity index (χ3v) is 5.48. The minimum absolute atomic E-state index is 0.0862. The molecular formula is C22H24BrN3O4. The Morgan fingerprint density at radius 3 is 2.40 bits per heavy atom. The quantitative estimate of drug-likeness (QED) is 0.674. The lowest BCUT2D eigenvalue weighted by Gasteiger charge is -2.17. The SMILES string of the molecule is CNC(=O)[C@H]1CC(=O)N(c2ccc(OCC(=O)Nc3c(C)cc(Br)cc3C)cc2)C1. The van der Waals surface area contributed by atoms with E-state index in [2.05, 4.69) is 26.6 Å². The van der Waals surface area contributed by atoms with Crippen LogP contribution in [0.15, 0.2) is 40.9 Å². The van der Waals surface area contributed by atoms with Crippen molar-refractivity contribution in [1.82, 2.24) is 5.32 Å². The summed E-state index contributed by atoms with van der Waals surface area (Å²) in [6.07, 6.45) is 0.201. The van der Waals surface area contributed by atoms with Crippen LogP contribution in [0, 0.1) is 19.8 Å². The van der Waals surface area contributed by atoms with Gasteiger partial charge in [-0.05, 0) is 61.4 Å². The average molecular weight is 474 g/mol. The van der Waals surface area contributed by atoms with Gasteiger partial charge in [0.25, 0.3) is 5.91 Å². The Kier molecular flexibility index (Phi) is 6.77. The first-order valence-electron chi connectivity index (χ1n) is 9.60. The highest BCUT2D eigenvalue weighted by atomic mass is 79.9. The van der Waals surface area contributed by atoms with E-state index in [0.29, 0.717) is 18.0 Å². The fourth-order valence-corrected chi connectivity index (χ4v) is 4.18. The van der Waals surface area contributed by atoms with Crippen LogP contribution in [0.25, 0.3) is 0 Å². The molecule has 1 aliphatic heterocycles. The molecule has 158 valence electrons. The van der Waals surface area contributed by atoms with Gasteiger partial charge in [-0.2, -0.15) is 0 Å². The summed E-state index contributed by atoms with van der Waals surface area (Å²) < 4.78 is 6.54. The van der Waals surface area contributed by atoms with E-state index in [-0.39, 0.29) is 36.7 Å². The van der Waals surface area contributed by atoms with Gasteiger partial charge in [0.2, 0.25) is 11.8 Å². The molecule has 0 radical (unpaired) electrons. The van der Waals surface area contributed by atoms with E-state index < -0.39 is 0 Å². The normalized spacial score (nSPS) is 15.8. The van der Waals surface area contributed by atoms with Crippen LogP contribution in [0.5, 0.6) is 5.75 Å². The standard InChI is InChI=1S/C22H24BrN3O4/c1-13-8-16(23)9-14(2)21(13)25-19(27)12-30-18-6-4-17(5-7-18)26-11-15(10-20(26)28)22(29)24-3/h4-9,15H,10-12H2,1-3H3,(H,24,29)(H,25,27)/t15-/m0/s1. The molecule has 1 heterocycles. The Balaban J connectivity index is 1.57. The van der Waals surface area contributed by atoms with Gasteiger partial charge in [0, 0.05) is 35.9 Å². The van der Waals surface area contributed by atoms with E-state index in [1.807, 2.05) is 26.0 Å². The van der Waals surface area contributed by atoms with Gasteiger partial charge in [-0.1, -0.05) is 15.9 Å². The summed E-state index contributed by atoms with van der Waals surface area (Å²) in [4.78, 5) is 37.9. The number of halogens is 1. The number of carbonyl (C=O) groups is 3. The number of amides is 3. The van der Waals surface area contributed by atoms with E-state index in [1.54, 1.807) is 36.2 Å². The van der Waals surface area contributed by atoms with Gasteiger partial charge in [0.05, 0.1) is 5.92 Å². The average Bonchev–Trinajstić information content (AvgIpc) is 3.10. The third kappa shape index (κ3) is 4.99. The van der Waals surface area contributed by atoms with Crippen LogP contribution in [0.3, 0.4) is 0 Å². The molecular weight excluding hydrogens is 450 g/mol. The molecule has 0 spiro atoms. The molecule has 2 N–H and O–H groups in total. The number of anilines is 2. The summed E-state index contributed by atoms with van der Waals surface area (Å²) in [6, 6.07) is 10.8. The second kappa shape index (κ2) is 9.30. The summed E-state index contributed by atoms with van der Waals surface area (Å²) in [5, 5.41) is 5.47. The molecule has 0 aromatic heterocycles.